The van der Waals surface area contributed by atoms with Crippen molar-refractivity contribution in [3.8, 4) is 0 Å². The molecular weight excluding hydrogens is 330 g/mol. The Morgan fingerprint density at radius 3 is 2.89 bits per heavy atom. The zero-order valence-corrected chi connectivity index (χ0v) is 13.5. The molecule has 0 radical (unpaired) electrons. The summed E-state index contributed by atoms with van der Waals surface area (Å²) >= 11 is 3.39. The smallest absolute Gasteiger partial charge is 0.215 e. The van der Waals surface area contributed by atoms with Crippen LogP contribution in [0.4, 0.5) is 5.82 Å². The molecule has 0 aliphatic carbocycles. The Kier molecular flexibility index (Phi) is 4.47. The summed E-state index contributed by atoms with van der Waals surface area (Å²) in [6.07, 6.45) is 3.32. The average Bonchev–Trinajstić information content (AvgIpc) is 2.39. The van der Waals surface area contributed by atoms with Crippen LogP contribution in [0.25, 0.3) is 0 Å². The molecule has 19 heavy (non-hydrogen) atoms. The Morgan fingerprint density at radius 1 is 1.53 bits per heavy atom. The highest BCUT2D eigenvalue weighted by Crippen LogP contribution is 2.25. The molecule has 0 aromatic carbocycles. The second-order valence-corrected chi connectivity index (χ2v) is 7.83. The third-order valence-electron chi connectivity index (χ3n) is 3.42. The summed E-state index contributed by atoms with van der Waals surface area (Å²) < 4.78 is 27.2. The molecule has 2 heterocycles. The maximum absolute atomic E-state index is 11.9. The van der Waals surface area contributed by atoms with Crippen molar-refractivity contribution in [2.75, 3.05) is 25.0 Å². The minimum atomic E-state index is -3.21. The lowest BCUT2D eigenvalue weighted by atomic mass is 10.1. The number of hydrogen-bond acceptors (Lipinski definition) is 4. The van der Waals surface area contributed by atoms with Crippen LogP contribution in [-0.2, 0) is 10.0 Å². The van der Waals surface area contributed by atoms with Gasteiger partial charge in [0.05, 0.1) is 5.25 Å². The Morgan fingerprint density at radius 2 is 2.26 bits per heavy atom. The first kappa shape index (κ1) is 14.7. The number of piperidine rings is 1. The number of aromatic nitrogens is 1. The highest BCUT2D eigenvalue weighted by atomic mass is 79.9. The van der Waals surface area contributed by atoms with E-state index in [1.165, 1.54) is 7.05 Å². The van der Waals surface area contributed by atoms with Gasteiger partial charge in [0, 0.05) is 23.8 Å². The fourth-order valence-corrected chi connectivity index (χ4v) is 4.05. The zero-order valence-electron chi connectivity index (χ0n) is 11.1. The van der Waals surface area contributed by atoms with E-state index in [4.69, 9.17) is 0 Å². The largest absolute Gasteiger partial charge is 0.355 e. The Balaban J connectivity index is 2.22. The molecule has 1 aromatic rings. The van der Waals surface area contributed by atoms with Gasteiger partial charge in [0.15, 0.2) is 0 Å². The fourth-order valence-electron chi connectivity index (χ4n) is 2.41. The predicted octanol–water partition coefficient (Wildman–Crippen LogP) is 1.67. The summed E-state index contributed by atoms with van der Waals surface area (Å²) in [6.45, 7) is 3.34. The van der Waals surface area contributed by atoms with Crippen molar-refractivity contribution in [3.05, 3.63) is 22.3 Å². The van der Waals surface area contributed by atoms with E-state index in [2.05, 4.69) is 30.5 Å². The van der Waals surface area contributed by atoms with Gasteiger partial charge in [-0.05, 0) is 54.4 Å². The molecule has 1 N–H and O–H groups in total. The average molecular weight is 348 g/mol. The van der Waals surface area contributed by atoms with Gasteiger partial charge in [-0.3, -0.25) is 0 Å². The summed E-state index contributed by atoms with van der Waals surface area (Å²) in [5.41, 5.74) is 1.05. The molecular formula is C12H18BrN3O2S. The van der Waals surface area contributed by atoms with Gasteiger partial charge in [-0.15, -0.1) is 0 Å². The van der Waals surface area contributed by atoms with Crippen LogP contribution in [0.3, 0.4) is 0 Å². The fraction of sp³-hybridized carbons (Fsp3) is 0.583. The van der Waals surface area contributed by atoms with Gasteiger partial charge < -0.3 is 4.90 Å². The van der Waals surface area contributed by atoms with E-state index in [0.717, 1.165) is 28.8 Å². The standard InChI is InChI=1S/C12H18BrN3O2S/c1-9-6-10(13)7-15-12(9)16-5-3-4-11(8-16)19(17,18)14-2/h6-7,11,14H,3-5,8H2,1-2H3. The molecule has 1 aromatic heterocycles. The van der Waals surface area contributed by atoms with E-state index in [1.807, 2.05) is 13.0 Å². The van der Waals surface area contributed by atoms with E-state index >= 15 is 0 Å². The number of anilines is 1. The van der Waals surface area contributed by atoms with Crippen LogP contribution in [0.15, 0.2) is 16.7 Å². The van der Waals surface area contributed by atoms with Gasteiger partial charge in [0.25, 0.3) is 0 Å². The second-order valence-electron chi connectivity index (χ2n) is 4.75. The van der Waals surface area contributed by atoms with E-state index in [1.54, 1.807) is 6.20 Å². The van der Waals surface area contributed by atoms with Gasteiger partial charge in [-0.25, -0.2) is 18.1 Å². The zero-order chi connectivity index (χ0) is 14.0. The second kappa shape index (κ2) is 5.76. The first-order valence-corrected chi connectivity index (χ1v) is 8.57. The Labute approximate surface area is 122 Å². The van der Waals surface area contributed by atoms with Crippen LogP contribution >= 0.6 is 15.9 Å². The number of nitrogens with zero attached hydrogens (tertiary/aromatic N) is 2. The van der Waals surface area contributed by atoms with Gasteiger partial charge >= 0.3 is 0 Å². The highest BCUT2D eigenvalue weighted by Gasteiger charge is 2.30. The number of halogens is 1. The van der Waals surface area contributed by atoms with Crippen molar-refractivity contribution in [2.24, 2.45) is 0 Å². The lowest BCUT2D eigenvalue weighted by Crippen LogP contribution is -2.46. The first-order chi connectivity index (χ1) is 8.94. The third kappa shape index (κ3) is 3.27. The lowest BCUT2D eigenvalue weighted by Gasteiger charge is -2.33. The van der Waals surface area contributed by atoms with E-state index in [9.17, 15) is 8.42 Å². The summed E-state index contributed by atoms with van der Waals surface area (Å²) in [5.74, 6) is 0.874. The minimum Gasteiger partial charge on any atom is -0.355 e. The molecule has 1 fully saturated rings. The lowest BCUT2D eigenvalue weighted by molar-refractivity contribution is 0.523. The maximum atomic E-state index is 11.9. The van der Waals surface area contributed by atoms with Crippen molar-refractivity contribution in [2.45, 2.75) is 25.0 Å². The van der Waals surface area contributed by atoms with E-state index in [-0.39, 0.29) is 5.25 Å². The number of pyridine rings is 1. The molecule has 0 bridgehead atoms. The molecule has 7 heteroatoms. The van der Waals surface area contributed by atoms with Crippen molar-refractivity contribution in [3.63, 3.8) is 0 Å². The molecule has 0 saturated carbocycles. The Bertz CT molecular complexity index is 562. The quantitative estimate of drug-likeness (QED) is 0.903. The summed E-state index contributed by atoms with van der Waals surface area (Å²) in [4.78, 5) is 6.47. The summed E-state index contributed by atoms with van der Waals surface area (Å²) in [7, 11) is -1.74. The van der Waals surface area contributed by atoms with Crippen molar-refractivity contribution < 1.29 is 8.42 Å². The number of aryl methyl sites for hydroxylation is 1. The molecule has 1 atom stereocenters. The molecule has 2 rings (SSSR count). The van der Waals surface area contributed by atoms with E-state index < -0.39 is 10.0 Å². The van der Waals surface area contributed by atoms with Gasteiger partial charge in [-0.1, -0.05) is 0 Å². The van der Waals surface area contributed by atoms with E-state index in [0.29, 0.717) is 13.0 Å². The number of sulfonamides is 1. The number of hydrogen-bond donors (Lipinski definition) is 1. The SMILES string of the molecule is CNS(=O)(=O)C1CCCN(c2ncc(Br)cc2C)C1. The van der Waals surface area contributed by atoms with Crippen molar-refractivity contribution >= 4 is 31.8 Å². The highest BCUT2D eigenvalue weighted by molar-refractivity contribution is 9.10. The van der Waals surface area contributed by atoms with Crippen LogP contribution in [0.5, 0.6) is 0 Å². The van der Waals surface area contributed by atoms with Crippen molar-refractivity contribution in [1.29, 1.82) is 0 Å². The number of rotatable bonds is 3. The maximum Gasteiger partial charge on any atom is 0.215 e. The van der Waals surface area contributed by atoms with Crippen LogP contribution in [0.1, 0.15) is 18.4 Å². The molecule has 0 spiro atoms. The van der Waals surface area contributed by atoms with Crippen LogP contribution in [0, 0.1) is 6.92 Å². The molecule has 0 amide bonds. The topological polar surface area (TPSA) is 62.3 Å². The van der Waals surface area contributed by atoms with Crippen molar-refractivity contribution in [1.82, 2.24) is 9.71 Å². The summed E-state index contributed by atoms with van der Waals surface area (Å²) in [6, 6.07) is 2.00. The van der Waals surface area contributed by atoms with Gasteiger partial charge in [-0.2, -0.15) is 0 Å². The van der Waals surface area contributed by atoms with Crippen LogP contribution < -0.4 is 9.62 Å². The molecule has 1 unspecified atom stereocenters. The monoisotopic (exact) mass is 347 g/mol. The predicted molar refractivity (Wildman–Crippen MR) is 79.9 cm³/mol. The minimum absolute atomic E-state index is 0.365. The molecule has 106 valence electrons. The third-order valence-corrected chi connectivity index (χ3v) is 5.68. The van der Waals surface area contributed by atoms with Crippen LogP contribution in [0.2, 0.25) is 0 Å². The molecule has 5 nitrogen and oxygen atoms in total. The molecule has 1 aliphatic rings. The molecule has 1 aliphatic heterocycles. The number of nitrogens with one attached hydrogen (secondary N) is 1. The normalized spacial score (nSPS) is 20.6. The Hall–Kier alpha value is -0.660. The summed E-state index contributed by atoms with van der Waals surface area (Å²) in [5, 5.41) is -0.365. The first-order valence-electron chi connectivity index (χ1n) is 6.23. The van der Waals surface area contributed by atoms with Gasteiger partial charge in [0.1, 0.15) is 5.82 Å². The molecule has 1 saturated heterocycles. The van der Waals surface area contributed by atoms with Gasteiger partial charge in [0.2, 0.25) is 10.0 Å². The van der Waals surface area contributed by atoms with Crippen LogP contribution in [-0.4, -0.2) is 38.8 Å².